The van der Waals surface area contributed by atoms with E-state index in [-0.39, 0.29) is 17.9 Å². The van der Waals surface area contributed by atoms with Gasteiger partial charge in [0.25, 0.3) is 5.56 Å². The molecular formula is C31H40N4O4. The highest BCUT2D eigenvalue weighted by Crippen LogP contribution is 2.30. The molecule has 2 atom stereocenters. The number of amides is 1. The molecule has 0 bridgehead atoms. The molecule has 39 heavy (non-hydrogen) atoms. The number of carboxylic acid groups (broad SMARTS) is 1. The van der Waals surface area contributed by atoms with E-state index in [0.717, 1.165) is 33.4 Å². The van der Waals surface area contributed by atoms with Crippen molar-refractivity contribution in [1.82, 2.24) is 19.8 Å². The molecule has 3 aromatic rings. The van der Waals surface area contributed by atoms with Crippen LogP contribution in [0, 0.1) is 26.7 Å². The first-order chi connectivity index (χ1) is 18.4. The van der Waals surface area contributed by atoms with E-state index in [1.165, 1.54) is 4.57 Å². The summed E-state index contributed by atoms with van der Waals surface area (Å²) < 4.78 is 1.49. The number of carbonyl (C=O) groups is 2. The second kappa shape index (κ2) is 12.8. The van der Waals surface area contributed by atoms with Gasteiger partial charge in [-0.15, -0.1) is 0 Å². The SMILES string of the molecule is Cc1cc(=O)n([C@@H](CC(C)C)C(=O)N[C@@H](CC(=O)O)c2cncc(-c3c(C)cccc3C)c2)cc1CN(C)C. The molecule has 1 amide bonds. The molecule has 8 nitrogen and oxygen atoms in total. The van der Waals surface area contributed by atoms with E-state index < -0.39 is 24.0 Å². The zero-order valence-electron chi connectivity index (χ0n) is 24.0. The van der Waals surface area contributed by atoms with Gasteiger partial charge in [0.05, 0.1) is 12.5 Å². The van der Waals surface area contributed by atoms with Gasteiger partial charge in [-0.1, -0.05) is 32.0 Å². The van der Waals surface area contributed by atoms with E-state index in [1.807, 2.05) is 77.9 Å². The number of carbonyl (C=O) groups excluding carboxylic acids is 1. The van der Waals surface area contributed by atoms with Crippen LogP contribution in [0.15, 0.2) is 53.7 Å². The largest absolute Gasteiger partial charge is 0.481 e. The van der Waals surface area contributed by atoms with E-state index in [4.69, 9.17) is 0 Å². The van der Waals surface area contributed by atoms with Crippen LogP contribution in [0.25, 0.3) is 11.1 Å². The third kappa shape index (κ3) is 7.63. The summed E-state index contributed by atoms with van der Waals surface area (Å²) in [5, 5.41) is 12.6. The number of hydrogen-bond acceptors (Lipinski definition) is 5. The van der Waals surface area contributed by atoms with Gasteiger partial charge < -0.3 is 19.9 Å². The van der Waals surface area contributed by atoms with Crippen molar-refractivity contribution in [1.29, 1.82) is 0 Å². The predicted octanol–water partition coefficient (Wildman–Crippen LogP) is 4.82. The molecule has 3 rings (SSSR count). The number of hydrogen-bond donors (Lipinski definition) is 2. The van der Waals surface area contributed by atoms with Crippen LogP contribution in [0.1, 0.15) is 66.6 Å². The molecule has 2 N–H and O–H groups in total. The third-order valence-corrected chi connectivity index (χ3v) is 6.84. The monoisotopic (exact) mass is 532 g/mol. The number of pyridine rings is 2. The maximum absolute atomic E-state index is 13.8. The first-order valence-corrected chi connectivity index (χ1v) is 13.3. The first-order valence-electron chi connectivity index (χ1n) is 13.3. The topological polar surface area (TPSA) is 105 Å². The summed E-state index contributed by atoms with van der Waals surface area (Å²) in [5.41, 5.74) is 6.21. The van der Waals surface area contributed by atoms with Gasteiger partial charge in [-0.05, 0) is 86.7 Å². The Morgan fingerprint density at radius 1 is 1.05 bits per heavy atom. The molecule has 208 valence electrons. The van der Waals surface area contributed by atoms with Gasteiger partial charge in [-0.2, -0.15) is 0 Å². The fourth-order valence-electron chi connectivity index (χ4n) is 4.98. The van der Waals surface area contributed by atoms with Gasteiger partial charge in [0, 0.05) is 36.8 Å². The smallest absolute Gasteiger partial charge is 0.305 e. The number of aryl methyl sites for hydroxylation is 3. The summed E-state index contributed by atoms with van der Waals surface area (Å²) in [6.07, 6.45) is 5.22. The molecule has 0 saturated heterocycles. The normalized spacial score (nSPS) is 12.9. The maximum Gasteiger partial charge on any atom is 0.305 e. The van der Waals surface area contributed by atoms with Crippen LogP contribution in [0.4, 0.5) is 0 Å². The quantitative estimate of drug-likeness (QED) is 0.367. The summed E-state index contributed by atoms with van der Waals surface area (Å²) in [7, 11) is 3.90. The van der Waals surface area contributed by atoms with Crippen LogP contribution in [0.3, 0.4) is 0 Å². The zero-order valence-corrected chi connectivity index (χ0v) is 24.0. The van der Waals surface area contributed by atoms with Crippen molar-refractivity contribution in [2.45, 2.75) is 66.1 Å². The van der Waals surface area contributed by atoms with E-state index in [9.17, 15) is 19.5 Å². The highest BCUT2D eigenvalue weighted by molar-refractivity contribution is 5.82. The fourth-order valence-corrected chi connectivity index (χ4v) is 4.98. The zero-order chi connectivity index (χ0) is 28.9. The lowest BCUT2D eigenvalue weighted by molar-refractivity contribution is -0.138. The highest BCUT2D eigenvalue weighted by Gasteiger charge is 2.28. The van der Waals surface area contributed by atoms with Crippen LogP contribution >= 0.6 is 0 Å². The number of nitrogens with one attached hydrogen (secondary N) is 1. The Kier molecular flexibility index (Phi) is 9.81. The van der Waals surface area contributed by atoms with Crippen LogP contribution in [-0.4, -0.2) is 45.5 Å². The highest BCUT2D eigenvalue weighted by atomic mass is 16.4. The van der Waals surface area contributed by atoms with Crippen molar-refractivity contribution in [2.75, 3.05) is 14.1 Å². The minimum atomic E-state index is -1.04. The summed E-state index contributed by atoms with van der Waals surface area (Å²) in [5.74, 6) is -1.31. The third-order valence-electron chi connectivity index (χ3n) is 6.84. The maximum atomic E-state index is 13.8. The molecule has 0 aliphatic rings. The lowest BCUT2D eigenvalue weighted by atomic mass is 9.94. The van der Waals surface area contributed by atoms with Crippen LogP contribution in [-0.2, 0) is 16.1 Å². The fraction of sp³-hybridized carbons (Fsp3) is 0.419. The summed E-state index contributed by atoms with van der Waals surface area (Å²) in [6.45, 7) is 10.5. The lowest BCUT2D eigenvalue weighted by Gasteiger charge is -2.26. The van der Waals surface area contributed by atoms with E-state index in [1.54, 1.807) is 24.7 Å². The molecule has 2 heterocycles. The second-order valence-corrected chi connectivity index (χ2v) is 11.0. The van der Waals surface area contributed by atoms with Crippen molar-refractivity contribution in [3.05, 3.63) is 87.1 Å². The average molecular weight is 533 g/mol. The summed E-state index contributed by atoms with van der Waals surface area (Å²) in [6, 6.07) is 7.88. The Labute approximate surface area is 230 Å². The molecule has 0 saturated carbocycles. The van der Waals surface area contributed by atoms with Crippen LogP contribution in [0.5, 0.6) is 0 Å². The van der Waals surface area contributed by atoms with Gasteiger partial charge >= 0.3 is 5.97 Å². The van der Waals surface area contributed by atoms with Crippen molar-refractivity contribution >= 4 is 11.9 Å². The molecule has 0 radical (unpaired) electrons. The first kappa shape index (κ1) is 29.8. The number of aromatic nitrogens is 2. The second-order valence-electron chi connectivity index (χ2n) is 11.0. The average Bonchev–Trinajstić information content (AvgIpc) is 2.83. The Balaban J connectivity index is 2.02. The number of rotatable bonds is 11. The standard InChI is InChI=1S/C31H40N4O4/c1-19(2)11-27(35-18-25(17-34(6)7)22(5)12-28(35)36)31(39)33-26(14-29(37)38)23-13-24(16-32-15-23)30-20(3)9-8-10-21(30)4/h8-10,12-13,15-16,18-19,26-27H,11,14,17H2,1-7H3,(H,33,39)(H,37,38)/t26-,27-/m0/s1. The molecule has 0 aliphatic heterocycles. The van der Waals surface area contributed by atoms with E-state index in [0.29, 0.717) is 18.5 Å². The van der Waals surface area contributed by atoms with Gasteiger partial charge in [-0.25, -0.2) is 0 Å². The molecule has 0 aliphatic carbocycles. The van der Waals surface area contributed by atoms with Crippen LogP contribution in [0.2, 0.25) is 0 Å². The molecule has 1 aromatic carbocycles. The Morgan fingerprint density at radius 3 is 2.31 bits per heavy atom. The van der Waals surface area contributed by atoms with Crippen molar-refractivity contribution in [2.24, 2.45) is 5.92 Å². The molecule has 8 heteroatoms. The Hall–Kier alpha value is -3.78. The molecule has 0 fully saturated rings. The molecule has 0 unspecified atom stereocenters. The van der Waals surface area contributed by atoms with Crippen molar-refractivity contribution < 1.29 is 14.7 Å². The molecule has 2 aromatic heterocycles. The van der Waals surface area contributed by atoms with Crippen molar-refractivity contribution in [3.8, 4) is 11.1 Å². The van der Waals surface area contributed by atoms with Gasteiger partial charge in [0.1, 0.15) is 6.04 Å². The van der Waals surface area contributed by atoms with E-state index >= 15 is 0 Å². The Morgan fingerprint density at radius 2 is 1.72 bits per heavy atom. The minimum absolute atomic E-state index is 0.123. The van der Waals surface area contributed by atoms with Gasteiger partial charge in [-0.3, -0.25) is 19.4 Å². The predicted molar refractivity (Wildman–Crippen MR) is 154 cm³/mol. The van der Waals surface area contributed by atoms with Crippen molar-refractivity contribution in [3.63, 3.8) is 0 Å². The number of nitrogens with zero attached hydrogens (tertiary/aromatic N) is 3. The lowest BCUT2D eigenvalue weighted by Crippen LogP contribution is -2.40. The van der Waals surface area contributed by atoms with Crippen LogP contribution < -0.4 is 10.9 Å². The number of aliphatic carboxylic acids is 1. The number of benzene rings is 1. The summed E-state index contributed by atoms with van der Waals surface area (Å²) >= 11 is 0. The minimum Gasteiger partial charge on any atom is -0.481 e. The molecule has 0 spiro atoms. The summed E-state index contributed by atoms with van der Waals surface area (Å²) in [4.78, 5) is 45.1. The number of carboxylic acids is 1. The Bertz CT molecular complexity index is 1370. The van der Waals surface area contributed by atoms with Gasteiger partial charge in [0.2, 0.25) is 5.91 Å². The van der Waals surface area contributed by atoms with Gasteiger partial charge in [0.15, 0.2) is 0 Å². The van der Waals surface area contributed by atoms with E-state index in [2.05, 4.69) is 10.3 Å². The molecular weight excluding hydrogens is 492 g/mol.